The first-order valence-corrected chi connectivity index (χ1v) is 8.43. The van der Waals surface area contributed by atoms with Gasteiger partial charge < -0.3 is 15.7 Å². The molecule has 120 valence electrons. The van der Waals surface area contributed by atoms with E-state index in [2.05, 4.69) is 10.6 Å². The van der Waals surface area contributed by atoms with E-state index in [9.17, 15) is 9.90 Å². The van der Waals surface area contributed by atoms with Gasteiger partial charge in [-0.15, -0.1) is 0 Å². The van der Waals surface area contributed by atoms with Crippen molar-refractivity contribution in [1.29, 1.82) is 0 Å². The summed E-state index contributed by atoms with van der Waals surface area (Å²) in [7, 11) is 0. The normalized spacial score (nSPS) is 27.0. The van der Waals surface area contributed by atoms with Crippen molar-refractivity contribution in [2.45, 2.75) is 37.2 Å². The number of hydrogen-bond acceptors (Lipinski definition) is 3. The zero-order valence-corrected chi connectivity index (χ0v) is 13.4. The number of carbonyl (C=O) groups is 1. The molecule has 1 heterocycles. The monoisotopic (exact) mass is 322 g/mol. The molecular weight excluding hydrogens is 300 g/mol. The Kier molecular flexibility index (Phi) is 4.71. The first-order valence-electron chi connectivity index (χ1n) is 8.05. The Bertz CT molecular complexity index is 526. The first kappa shape index (κ1) is 15.8. The lowest BCUT2D eigenvalue weighted by molar-refractivity contribution is -0.126. The van der Waals surface area contributed by atoms with Crippen LogP contribution in [-0.4, -0.2) is 36.8 Å². The second-order valence-corrected chi connectivity index (χ2v) is 6.93. The van der Waals surface area contributed by atoms with Crippen LogP contribution in [-0.2, 0) is 10.2 Å². The van der Waals surface area contributed by atoms with Crippen molar-refractivity contribution in [3.05, 3.63) is 34.9 Å². The van der Waals surface area contributed by atoms with Crippen LogP contribution in [0.25, 0.3) is 0 Å². The highest BCUT2D eigenvalue weighted by Gasteiger charge is 2.42. The van der Waals surface area contributed by atoms with Crippen molar-refractivity contribution < 1.29 is 9.90 Å². The average Bonchev–Trinajstić information content (AvgIpc) is 3.15. The zero-order valence-electron chi connectivity index (χ0n) is 12.6. The minimum Gasteiger partial charge on any atom is -0.391 e. The van der Waals surface area contributed by atoms with Gasteiger partial charge in [0.25, 0.3) is 0 Å². The van der Waals surface area contributed by atoms with Gasteiger partial charge in [0.15, 0.2) is 0 Å². The molecule has 1 aliphatic heterocycles. The molecule has 0 spiro atoms. The van der Waals surface area contributed by atoms with E-state index in [4.69, 9.17) is 11.6 Å². The van der Waals surface area contributed by atoms with Crippen molar-refractivity contribution in [1.82, 2.24) is 10.6 Å². The van der Waals surface area contributed by atoms with Crippen LogP contribution in [0.15, 0.2) is 24.3 Å². The van der Waals surface area contributed by atoms with Gasteiger partial charge in [-0.25, -0.2) is 0 Å². The molecule has 5 heteroatoms. The number of carbonyl (C=O) groups excluding carboxylic acids is 1. The summed E-state index contributed by atoms with van der Waals surface area (Å²) in [6, 6.07) is 7.65. The molecule has 1 aliphatic carbocycles. The molecule has 3 rings (SSSR count). The largest absolute Gasteiger partial charge is 0.391 e. The fraction of sp³-hybridized carbons (Fsp3) is 0.588. The van der Waals surface area contributed by atoms with Crippen molar-refractivity contribution in [3.8, 4) is 0 Å². The van der Waals surface area contributed by atoms with Crippen molar-refractivity contribution in [3.63, 3.8) is 0 Å². The summed E-state index contributed by atoms with van der Waals surface area (Å²) >= 11 is 5.97. The minimum atomic E-state index is -0.429. The van der Waals surface area contributed by atoms with E-state index >= 15 is 0 Å². The van der Waals surface area contributed by atoms with E-state index in [1.807, 2.05) is 24.3 Å². The van der Waals surface area contributed by atoms with Gasteiger partial charge in [-0.3, -0.25) is 4.79 Å². The summed E-state index contributed by atoms with van der Waals surface area (Å²) < 4.78 is 0. The summed E-state index contributed by atoms with van der Waals surface area (Å²) in [6.07, 6.45) is 3.54. The van der Waals surface area contributed by atoms with Crippen molar-refractivity contribution in [2.24, 2.45) is 5.92 Å². The van der Waals surface area contributed by atoms with Crippen LogP contribution in [0.5, 0.6) is 0 Å². The van der Waals surface area contributed by atoms with Gasteiger partial charge in [-0.1, -0.05) is 36.6 Å². The van der Waals surface area contributed by atoms with E-state index in [1.165, 1.54) is 0 Å². The highest BCUT2D eigenvalue weighted by Crippen LogP contribution is 2.41. The van der Waals surface area contributed by atoms with Gasteiger partial charge in [0.2, 0.25) is 5.91 Å². The van der Waals surface area contributed by atoms with Gasteiger partial charge in [0.05, 0.1) is 11.5 Å². The lowest BCUT2D eigenvalue weighted by atomic mass is 9.78. The Balaban J connectivity index is 1.72. The van der Waals surface area contributed by atoms with Crippen LogP contribution in [0.3, 0.4) is 0 Å². The molecule has 2 unspecified atom stereocenters. The average molecular weight is 323 g/mol. The quantitative estimate of drug-likeness (QED) is 0.793. The molecule has 2 fully saturated rings. The SMILES string of the molecule is O=C(NCC1CNCC1O)C1(c2ccc(Cl)cc2)CCCC1. The fourth-order valence-electron chi connectivity index (χ4n) is 3.71. The third kappa shape index (κ3) is 3.00. The molecule has 1 amide bonds. The molecule has 0 aromatic heterocycles. The molecule has 0 bridgehead atoms. The lowest BCUT2D eigenvalue weighted by Gasteiger charge is -2.29. The summed E-state index contributed by atoms with van der Waals surface area (Å²) in [5, 5.41) is 16.8. The van der Waals surface area contributed by atoms with E-state index in [1.54, 1.807) is 0 Å². The Labute approximate surface area is 136 Å². The number of aliphatic hydroxyl groups is 1. The fourth-order valence-corrected chi connectivity index (χ4v) is 3.84. The van der Waals surface area contributed by atoms with E-state index in [-0.39, 0.29) is 17.9 Å². The Hall–Kier alpha value is -1.10. The number of benzene rings is 1. The number of rotatable bonds is 4. The van der Waals surface area contributed by atoms with Crippen LogP contribution in [0.4, 0.5) is 0 Å². The van der Waals surface area contributed by atoms with Crippen LogP contribution in [0.1, 0.15) is 31.2 Å². The van der Waals surface area contributed by atoms with Crippen LogP contribution < -0.4 is 10.6 Å². The molecule has 3 N–H and O–H groups in total. The highest BCUT2D eigenvalue weighted by atomic mass is 35.5. The molecule has 1 aromatic rings. The maximum absolute atomic E-state index is 12.9. The third-order valence-electron chi connectivity index (χ3n) is 5.12. The molecule has 1 saturated heterocycles. The van der Waals surface area contributed by atoms with Gasteiger partial charge in [0.1, 0.15) is 0 Å². The smallest absolute Gasteiger partial charge is 0.230 e. The summed E-state index contributed by atoms with van der Waals surface area (Å²) in [5.41, 5.74) is 0.624. The second-order valence-electron chi connectivity index (χ2n) is 6.49. The number of amides is 1. The summed E-state index contributed by atoms with van der Waals surface area (Å²) in [6.45, 7) is 1.90. The number of nitrogens with one attached hydrogen (secondary N) is 2. The van der Waals surface area contributed by atoms with Crippen LogP contribution in [0, 0.1) is 5.92 Å². The molecule has 22 heavy (non-hydrogen) atoms. The Morgan fingerprint density at radius 3 is 2.55 bits per heavy atom. The lowest BCUT2D eigenvalue weighted by Crippen LogP contribution is -2.45. The number of aliphatic hydroxyl groups excluding tert-OH is 1. The summed E-state index contributed by atoms with van der Waals surface area (Å²) in [5.74, 6) is 0.194. The van der Waals surface area contributed by atoms with Gasteiger partial charge in [0, 0.05) is 30.6 Å². The number of halogens is 1. The van der Waals surface area contributed by atoms with E-state index < -0.39 is 5.41 Å². The maximum atomic E-state index is 12.9. The zero-order chi connectivity index (χ0) is 15.6. The highest BCUT2D eigenvalue weighted by molar-refractivity contribution is 6.30. The van der Waals surface area contributed by atoms with Gasteiger partial charge in [-0.05, 0) is 30.5 Å². The number of β-amino-alcohol motifs (C(OH)–C–C–N with tert-alkyl or cyclic N) is 1. The van der Waals surface area contributed by atoms with Gasteiger partial charge in [-0.2, -0.15) is 0 Å². The molecule has 2 atom stereocenters. The van der Waals surface area contributed by atoms with E-state index in [0.29, 0.717) is 18.1 Å². The topological polar surface area (TPSA) is 61.4 Å². The predicted octanol–water partition coefficient (Wildman–Crippen LogP) is 1.85. The Morgan fingerprint density at radius 1 is 1.27 bits per heavy atom. The van der Waals surface area contributed by atoms with Crippen LogP contribution in [0.2, 0.25) is 5.02 Å². The second kappa shape index (κ2) is 6.57. The van der Waals surface area contributed by atoms with Crippen molar-refractivity contribution in [2.75, 3.05) is 19.6 Å². The molecule has 1 aromatic carbocycles. The van der Waals surface area contributed by atoms with Crippen LogP contribution >= 0.6 is 11.6 Å². The molecule has 4 nitrogen and oxygen atoms in total. The van der Waals surface area contributed by atoms with Crippen molar-refractivity contribution >= 4 is 17.5 Å². The molecule has 0 radical (unpaired) electrons. The summed E-state index contributed by atoms with van der Waals surface area (Å²) in [4.78, 5) is 12.9. The minimum absolute atomic E-state index is 0.0893. The molecular formula is C17H23ClN2O2. The molecule has 1 saturated carbocycles. The Morgan fingerprint density at radius 2 is 1.95 bits per heavy atom. The molecule has 2 aliphatic rings. The maximum Gasteiger partial charge on any atom is 0.230 e. The van der Waals surface area contributed by atoms with E-state index in [0.717, 1.165) is 37.8 Å². The first-order chi connectivity index (χ1) is 10.6. The standard InChI is InChI=1S/C17H23ClN2O2/c18-14-5-3-13(4-6-14)17(7-1-2-8-17)16(22)20-10-12-9-19-11-15(12)21/h3-6,12,15,19,21H,1-2,7-11H2,(H,20,22). The third-order valence-corrected chi connectivity index (χ3v) is 5.37. The van der Waals surface area contributed by atoms with Gasteiger partial charge >= 0.3 is 0 Å². The predicted molar refractivity (Wildman–Crippen MR) is 87.0 cm³/mol. The number of hydrogen-bond donors (Lipinski definition) is 3.